The van der Waals surface area contributed by atoms with E-state index in [1.807, 2.05) is 68.4 Å². The van der Waals surface area contributed by atoms with Crippen LogP contribution in [0.4, 0.5) is 0 Å². The second-order valence-electron chi connectivity index (χ2n) is 41.6. The van der Waals surface area contributed by atoms with E-state index in [9.17, 15) is 43.2 Å². The molecule has 0 saturated carbocycles. The molecule has 0 aromatic heterocycles. The van der Waals surface area contributed by atoms with E-state index in [1.165, 1.54) is 469 Å². The molecule has 9 N–H and O–H groups in total. The Kier molecular flexibility index (Phi) is 170. The Morgan fingerprint density at radius 2 is 0.236 bits per heavy atom. The van der Waals surface area contributed by atoms with Gasteiger partial charge in [0, 0.05) is 116 Å². The number of nitrogens with one attached hydrogen (secondary N) is 9. The average molecular weight is 2100 g/mol. The Hall–Kier alpha value is -5.29. The van der Waals surface area contributed by atoms with Crippen LogP contribution in [0.1, 0.15) is 703 Å². The standard InChI is InChI=1S/C18H37NO.C17H35NO.C16H33NO.C15H31NO.C14H29NO.C14H25NO.C13H27NO.C12H25NO.C11H23NO/c1-3-5-6-7-8-9-10-11-12-13-14-15-16-17-18(20)19-4-2;1-3-5-6-7-8-9-10-11-12-13-14-15-16-17(19)18-4-2;1-3-5-6-7-8-9-10-11-12-13-14-15-16(18)17-4-2;1-3-5-6-7-8-9-10-11-12-13-14-15(17)16-4-2;2*1-3-5-6-7-8-9-10-11-12-13-14(16)15-4-2;1-3-5-6-7-8-9-10-11-12-13(15)14-4-2;1-3-5-6-7-8-9-10-11-12(14)13-4-2;1-3-5-6-7-8-9-10-11(13)12-4-2/h3-17H2,1-2H3,(H,19,20);3-16H2,1-2H3,(H,18,19);3-15H2,1-2H3,(H,17,18);3-14H2,1-2H3,(H,16,17);3-13H2,1-2H3,(H,15,16);10-13H,3-9H2,1-2H3,(H,15,16);3-12H2,1-2H3,(H,14,15);3-11H2,1-2H3,(H,13,14);3-10H2,1-2H3,(H,12,13)/b;;;;;11-10+,13-12+;;;. The molecular weight excluding hydrogens is 1830 g/mol. The first-order valence-corrected chi connectivity index (χ1v) is 65.0. The molecule has 0 bridgehead atoms. The summed E-state index contributed by atoms with van der Waals surface area (Å²) in [6, 6.07) is 0. The van der Waals surface area contributed by atoms with Gasteiger partial charge < -0.3 is 47.9 Å². The maximum absolute atomic E-state index is 11.2. The van der Waals surface area contributed by atoms with Gasteiger partial charge in [-0.15, -0.1) is 0 Å². The normalized spacial score (nSPS) is 10.5. The molecule has 0 rings (SSSR count). The van der Waals surface area contributed by atoms with Crippen molar-refractivity contribution in [3.63, 3.8) is 0 Å². The number of hydrogen-bond donors (Lipinski definition) is 9. The SMILES string of the molecule is CCCCCCC/C=C/C=C/C(=O)NCC.CCCCCCCCC(=O)NCC.CCCCCCCCCC(=O)NCC.CCCCCCCCCCC(=O)NCC.CCCCCCCCCCCC(=O)NCC.CCCCCCCCCCCCC(=O)NCC.CCCCCCCCCCCCCC(=O)NCC.CCCCCCCCCCCCCCC(=O)NCC.CCCCCCCCCCCCCCCC(=O)NCC. The van der Waals surface area contributed by atoms with Crippen LogP contribution in [0.2, 0.25) is 0 Å². The number of carbonyl (C=O) groups excluding carboxylic acids is 9. The van der Waals surface area contributed by atoms with E-state index in [4.69, 9.17) is 0 Å². The van der Waals surface area contributed by atoms with Crippen LogP contribution in [0.15, 0.2) is 24.3 Å². The van der Waals surface area contributed by atoms with Gasteiger partial charge in [0.2, 0.25) is 53.2 Å². The molecule has 0 unspecified atom stereocenters. The van der Waals surface area contributed by atoms with E-state index in [0.29, 0.717) is 57.9 Å². The molecule has 884 valence electrons. The molecule has 0 aliphatic heterocycles. The van der Waals surface area contributed by atoms with Gasteiger partial charge in [-0.25, -0.2) is 0 Å². The molecule has 0 radical (unpaired) electrons. The lowest BCUT2D eigenvalue weighted by Crippen LogP contribution is -2.21. The molecule has 0 heterocycles. The maximum Gasteiger partial charge on any atom is 0.243 e. The summed E-state index contributed by atoms with van der Waals surface area (Å²) in [6.07, 6.45) is 121. The highest BCUT2D eigenvalue weighted by Crippen LogP contribution is 2.20. The van der Waals surface area contributed by atoms with Gasteiger partial charge >= 0.3 is 0 Å². The zero-order valence-electron chi connectivity index (χ0n) is 103. The molecule has 9 amide bonds. The van der Waals surface area contributed by atoms with E-state index >= 15 is 0 Å². The largest absolute Gasteiger partial charge is 0.356 e. The van der Waals surface area contributed by atoms with Crippen molar-refractivity contribution in [2.75, 3.05) is 58.9 Å². The third-order valence-corrected chi connectivity index (χ3v) is 26.4. The molecule has 0 atom stereocenters. The van der Waals surface area contributed by atoms with E-state index in [2.05, 4.69) is 116 Å². The maximum atomic E-state index is 11.2. The van der Waals surface area contributed by atoms with Gasteiger partial charge in [0.15, 0.2) is 0 Å². The van der Waals surface area contributed by atoms with Crippen molar-refractivity contribution in [1.82, 2.24) is 47.9 Å². The molecule has 18 heteroatoms. The summed E-state index contributed by atoms with van der Waals surface area (Å²) in [5.41, 5.74) is 0. The highest BCUT2D eigenvalue weighted by molar-refractivity contribution is 5.87. The third-order valence-electron chi connectivity index (χ3n) is 26.4. The zero-order chi connectivity index (χ0) is 111. The molecule has 0 aromatic carbocycles. The van der Waals surface area contributed by atoms with Gasteiger partial charge in [-0.2, -0.15) is 0 Å². The van der Waals surface area contributed by atoms with Crippen LogP contribution in [0.5, 0.6) is 0 Å². The minimum absolute atomic E-state index is 0.0184. The van der Waals surface area contributed by atoms with Crippen molar-refractivity contribution in [3.8, 4) is 0 Å². The Morgan fingerprint density at radius 3 is 0.351 bits per heavy atom. The minimum Gasteiger partial charge on any atom is -0.356 e. The van der Waals surface area contributed by atoms with E-state index in [0.717, 1.165) is 110 Å². The van der Waals surface area contributed by atoms with Crippen LogP contribution in [0.3, 0.4) is 0 Å². The van der Waals surface area contributed by atoms with E-state index in [-0.39, 0.29) is 53.2 Å². The Labute approximate surface area is 924 Å². The Morgan fingerprint density at radius 1 is 0.128 bits per heavy atom. The van der Waals surface area contributed by atoms with Crippen molar-refractivity contribution in [3.05, 3.63) is 24.3 Å². The number of allylic oxidation sites excluding steroid dienone is 3. The molecule has 148 heavy (non-hydrogen) atoms. The lowest BCUT2D eigenvalue weighted by molar-refractivity contribution is -0.121. The number of hydrogen-bond acceptors (Lipinski definition) is 9. The van der Waals surface area contributed by atoms with E-state index < -0.39 is 0 Å². The fraction of sp³-hybridized carbons (Fsp3) is 0.900. The zero-order valence-corrected chi connectivity index (χ0v) is 103. The van der Waals surface area contributed by atoms with Crippen molar-refractivity contribution < 1.29 is 43.2 Å². The minimum atomic E-state index is -0.0184. The summed E-state index contributed by atoms with van der Waals surface area (Å²) in [5.74, 6) is 1.69. The summed E-state index contributed by atoms with van der Waals surface area (Å²) in [4.78, 5) is 100. The number of carbonyl (C=O) groups is 9. The molecule has 0 spiro atoms. The summed E-state index contributed by atoms with van der Waals surface area (Å²) in [7, 11) is 0. The number of rotatable bonds is 101. The average Bonchev–Trinajstić information content (AvgIpc) is 1.07. The van der Waals surface area contributed by atoms with Crippen LogP contribution in [0, 0.1) is 0 Å². The molecular formula is C130H265N9O9. The summed E-state index contributed by atoms with van der Waals surface area (Å²) in [5, 5.41) is 25.4. The number of likely N-dealkylation sites (N-methyl/N-ethyl adjacent to an activating group) is 1. The second-order valence-corrected chi connectivity index (χ2v) is 41.6. The van der Waals surface area contributed by atoms with Crippen molar-refractivity contribution in [2.24, 2.45) is 0 Å². The van der Waals surface area contributed by atoms with Gasteiger partial charge in [0.05, 0.1) is 0 Å². The van der Waals surface area contributed by atoms with Crippen LogP contribution < -0.4 is 47.9 Å². The van der Waals surface area contributed by atoms with Gasteiger partial charge in [0.1, 0.15) is 0 Å². The summed E-state index contributed by atoms with van der Waals surface area (Å²) >= 11 is 0. The summed E-state index contributed by atoms with van der Waals surface area (Å²) in [6.45, 7) is 44.7. The van der Waals surface area contributed by atoms with Gasteiger partial charge in [0.25, 0.3) is 0 Å². The molecule has 0 aliphatic rings. The summed E-state index contributed by atoms with van der Waals surface area (Å²) < 4.78 is 0. The van der Waals surface area contributed by atoms with Crippen molar-refractivity contribution in [2.45, 2.75) is 703 Å². The first kappa shape index (κ1) is 160. The number of amides is 9. The highest BCUT2D eigenvalue weighted by Gasteiger charge is 2.08. The van der Waals surface area contributed by atoms with Gasteiger partial charge in [-0.3, -0.25) is 43.2 Å². The third kappa shape index (κ3) is 177. The first-order valence-electron chi connectivity index (χ1n) is 65.0. The highest BCUT2D eigenvalue weighted by atomic mass is 16.2. The molecule has 0 aliphatic carbocycles. The Bertz CT molecular complexity index is 2610. The lowest BCUT2D eigenvalue weighted by atomic mass is 10.0. The fourth-order valence-electron chi connectivity index (χ4n) is 17.2. The topological polar surface area (TPSA) is 262 Å². The van der Waals surface area contributed by atoms with Gasteiger partial charge in [-0.05, 0) is 127 Å². The molecule has 18 nitrogen and oxygen atoms in total. The fourth-order valence-corrected chi connectivity index (χ4v) is 17.2. The van der Waals surface area contributed by atoms with Gasteiger partial charge in [-0.1, -0.05) is 543 Å². The lowest BCUT2D eigenvalue weighted by Gasteiger charge is -2.03. The predicted molar refractivity (Wildman–Crippen MR) is 653 cm³/mol. The quantitative estimate of drug-likeness (QED) is 0.0159. The Balaban J connectivity index is -0.000000210. The van der Waals surface area contributed by atoms with Crippen molar-refractivity contribution >= 4 is 53.2 Å². The molecule has 0 saturated heterocycles. The van der Waals surface area contributed by atoms with Crippen LogP contribution in [-0.4, -0.2) is 112 Å². The number of unbranched alkanes of at least 4 members (excludes halogenated alkanes) is 73. The smallest absolute Gasteiger partial charge is 0.243 e. The monoisotopic (exact) mass is 2100 g/mol. The molecule has 0 fully saturated rings. The van der Waals surface area contributed by atoms with Crippen LogP contribution >= 0.6 is 0 Å². The van der Waals surface area contributed by atoms with Crippen LogP contribution in [0.25, 0.3) is 0 Å². The van der Waals surface area contributed by atoms with E-state index in [1.54, 1.807) is 12.2 Å². The molecule has 0 aromatic rings. The first-order chi connectivity index (χ1) is 72.3. The predicted octanol–water partition coefficient (Wildman–Crippen LogP) is 37.5. The second kappa shape index (κ2) is 157. The van der Waals surface area contributed by atoms with Crippen LogP contribution in [-0.2, 0) is 43.2 Å². The van der Waals surface area contributed by atoms with Crippen molar-refractivity contribution in [1.29, 1.82) is 0 Å².